The van der Waals surface area contributed by atoms with Crippen LogP contribution in [0.1, 0.15) is 30.5 Å². The number of amides is 1. The van der Waals surface area contributed by atoms with Gasteiger partial charge in [0, 0.05) is 31.2 Å². The van der Waals surface area contributed by atoms with Crippen LogP contribution in [0, 0.1) is 0 Å². The van der Waals surface area contributed by atoms with Crippen molar-refractivity contribution < 1.29 is 18.3 Å². The number of hydrogen-bond acceptors (Lipinski definition) is 5. The van der Waals surface area contributed by atoms with E-state index in [2.05, 4.69) is 10.2 Å². The first-order chi connectivity index (χ1) is 16.4. The van der Waals surface area contributed by atoms with Gasteiger partial charge < -0.3 is 15.3 Å². The number of aliphatic hydroxyl groups is 1. The molecule has 192 valence electrons. The fourth-order valence-electron chi connectivity index (χ4n) is 4.14. The Labute approximate surface area is 222 Å². The van der Waals surface area contributed by atoms with Crippen molar-refractivity contribution in [3.05, 3.63) is 68.7 Å². The molecule has 2 unspecified atom stereocenters. The predicted octanol–water partition coefficient (Wildman–Crippen LogP) is 3.72. The van der Waals surface area contributed by atoms with Gasteiger partial charge in [-0.25, -0.2) is 8.42 Å². The maximum Gasteiger partial charge on any atom is 0.230 e. The third-order valence-corrected chi connectivity index (χ3v) is 8.84. The van der Waals surface area contributed by atoms with Crippen LogP contribution in [0.25, 0.3) is 0 Å². The zero-order valence-corrected chi connectivity index (χ0v) is 22.8. The summed E-state index contributed by atoms with van der Waals surface area (Å²) in [6, 6.07) is 11.5. The van der Waals surface area contributed by atoms with Crippen LogP contribution in [0.15, 0.2) is 42.5 Å². The Morgan fingerprint density at radius 1 is 1.06 bits per heavy atom. The summed E-state index contributed by atoms with van der Waals surface area (Å²) < 4.78 is 25.1. The van der Waals surface area contributed by atoms with Gasteiger partial charge >= 0.3 is 0 Å². The van der Waals surface area contributed by atoms with Crippen LogP contribution < -0.4 is 5.32 Å². The van der Waals surface area contributed by atoms with Gasteiger partial charge in [-0.2, -0.15) is 4.31 Å². The Hall–Kier alpha value is -1.39. The number of carbonyl (C=O) groups is 1. The van der Waals surface area contributed by atoms with Crippen LogP contribution in [-0.4, -0.2) is 74.2 Å². The van der Waals surface area contributed by atoms with Gasteiger partial charge in [-0.15, -0.1) is 0 Å². The minimum absolute atomic E-state index is 0.264. The standard InChI is InChI=1S/C24H30Cl3N3O4S/c1-24(18-5-8-20(26)21(27)15-18,9-10-29-11-13-30(14-12-29)35(2,33)34)23(32)28-22(16-31)17-3-6-19(25)7-4-17/h3-8,15,22,31H,9-14,16H2,1-2H3,(H,28,32). The molecule has 2 atom stereocenters. The molecule has 35 heavy (non-hydrogen) atoms. The summed E-state index contributed by atoms with van der Waals surface area (Å²) in [4.78, 5) is 15.8. The van der Waals surface area contributed by atoms with E-state index in [-0.39, 0.29) is 12.5 Å². The molecule has 0 aliphatic carbocycles. The molecule has 1 fully saturated rings. The van der Waals surface area contributed by atoms with Crippen molar-refractivity contribution in [2.75, 3.05) is 45.6 Å². The first-order valence-electron chi connectivity index (χ1n) is 11.2. The van der Waals surface area contributed by atoms with Gasteiger partial charge in [0.1, 0.15) is 0 Å². The molecule has 1 heterocycles. The van der Waals surface area contributed by atoms with Crippen molar-refractivity contribution >= 4 is 50.7 Å². The number of nitrogens with zero attached hydrogens (tertiary/aromatic N) is 2. The number of rotatable bonds is 9. The lowest BCUT2D eigenvalue weighted by Gasteiger charge is -2.37. The lowest BCUT2D eigenvalue weighted by molar-refractivity contribution is -0.127. The van der Waals surface area contributed by atoms with Crippen LogP contribution >= 0.6 is 34.8 Å². The highest BCUT2D eigenvalue weighted by molar-refractivity contribution is 7.88. The van der Waals surface area contributed by atoms with Gasteiger partial charge in [0.15, 0.2) is 0 Å². The second-order valence-corrected chi connectivity index (χ2v) is 12.2. The molecular weight excluding hydrogens is 533 g/mol. The summed E-state index contributed by atoms with van der Waals surface area (Å²) in [6.07, 6.45) is 1.67. The molecule has 3 rings (SSSR count). The number of halogens is 3. The smallest absolute Gasteiger partial charge is 0.230 e. The van der Waals surface area contributed by atoms with Crippen molar-refractivity contribution in [1.82, 2.24) is 14.5 Å². The lowest BCUT2D eigenvalue weighted by atomic mass is 9.78. The van der Waals surface area contributed by atoms with E-state index in [0.29, 0.717) is 59.8 Å². The first kappa shape index (κ1) is 28.2. The van der Waals surface area contributed by atoms with Crippen molar-refractivity contribution in [3.8, 4) is 0 Å². The fourth-order valence-corrected chi connectivity index (χ4v) is 5.39. The maximum atomic E-state index is 13.7. The molecule has 0 spiro atoms. The van der Waals surface area contributed by atoms with Crippen molar-refractivity contribution in [2.24, 2.45) is 0 Å². The van der Waals surface area contributed by atoms with E-state index in [1.807, 2.05) is 6.92 Å². The van der Waals surface area contributed by atoms with Gasteiger partial charge in [0.2, 0.25) is 15.9 Å². The Balaban J connectivity index is 1.80. The van der Waals surface area contributed by atoms with Crippen LogP contribution in [0.5, 0.6) is 0 Å². The summed E-state index contributed by atoms with van der Waals surface area (Å²) >= 11 is 18.4. The van der Waals surface area contributed by atoms with Crippen molar-refractivity contribution in [3.63, 3.8) is 0 Å². The first-order valence-corrected chi connectivity index (χ1v) is 14.2. The number of carbonyl (C=O) groups excluding carboxylic acids is 1. The molecule has 0 aromatic heterocycles. The van der Waals surface area contributed by atoms with E-state index < -0.39 is 21.5 Å². The number of sulfonamides is 1. The van der Waals surface area contributed by atoms with Gasteiger partial charge in [-0.1, -0.05) is 53.0 Å². The molecule has 0 radical (unpaired) electrons. The van der Waals surface area contributed by atoms with Crippen molar-refractivity contribution in [2.45, 2.75) is 24.8 Å². The van der Waals surface area contributed by atoms with E-state index in [0.717, 1.165) is 5.56 Å². The largest absolute Gasteiger partial charge is 0.394 e. The van der Waals surface area contributed by atoms with Gasteiger partial charge in [-0.05, 0) is 55.3 Å². The third kappa shape index (κ3) is 7.10. The normalized spacial score (nSPS) is 18.1. The molecule has 11 heteroatoms. The SMILES string of the molecule is CC(CCN1CCN(S(C)(=O)=O)CC1)(C(=O)NC(CO)c1ccc(Cl)cc1)c1ccc(Cl)c(Cl)c1. The quantitative estimate of drug-likeness (QED) is 0.486. The summed E-state index contributed by atoms with van der Waals surface area (Å²) in [5, 5.41) is 14.3. The zero-order valence-electron chi connectivity index (χ0n) is 19.7. The highest BCUT2D eigenvalue weighted by atomic mass is 35.5. The predicted molar refractivity (Wildman–Crippen MR) is 141 cm³/mol. The van der Waals surface area contributed by atoms with Gasteiger partial charge in [-0.3, -0.25) is 4.79 Å². The Morgan fingerprint density at radius 3 is 2.23 bits per heavy atom. The molecule has 0 bridgehead atoms. The van der Waals surface area contributed by atoms with E-state index >= 15 is 0 Å². The molecule has 1 amide bonds. The number of piperazine rings is 1. The molecule has 1 aliphatic heterocycles. The van der Waals surface area contributed by atoms with E-state index in [9.17, 15) is 18.3 Å². The summed E-state index contributed by atoms with van der Waals surface area (Å²) in [5.41, 5.74) is 0.452. The summed E-state index contributed by atoms with van der Waals surface area (Å²) in [6.45, 7) is 4.12. The molecule has 1 saturated heterocycles. The monoisotopic (exact) mass is 561 g/mol. The highest BCUT2D eigenvalue weighted by Gasteiger charge is 2.37. The molecule has 7 nitrogen and oxygen atoms in total. The highest BCUT2D eigenvalue weighted by Crippen LogP contribution is 2.34. The third-order valence-electron chi connectivity index (χ3n) is 6.55. The van der Waals surface area contributed by atoms with E-state index in [1.54, 1.807) is 42.5 Å². The number of aliphatic hydroxyl groups excluding tert-OH is 1. The second-order valence-electron chi connectivity index (χ2n) is 8.97. The average molecular weight is 563 g/mol. The molecule has 2 aromatic carbocycles. The van der Waals surface area contributed by atoms with Crippen LogP contribution in [0.4, 0.5) is 0 Å². The minimum atomic E-state index is -3.22. The fraction of sp³-hybridized carbons (Fsp3) is 0.458. The number of benzene rings is 2. The van der Waals surface area contributed by atoms with Crippen LogP contribution in [0.2, 0.25) is 15.1 Å². The zero-order chi connectivity index (χ0) is 25.8. The second kappa shape index (κ2) is 11.8. The molecular formula is C24H30Cl3N3O4S. The van der Waals surface area contributed by atoms with Crippen LogP contribution in [-0.2, 0) is 20.2 Å². The molecule has 2 N–H and O–H groups in total. The number of hydrogen-bond donors (Lipinski definition) is 2. The summed E-state index contributed by atoms with van der Waals surface area (Å²) in [7, 11) is -3.22. The van der Waals surface area contributed by atoms with E-state index in [4.69, 9.17) is 34.8 Å². The Kier molecular flexibility index (Phi) is 9.48. The lowest BCUT2D eigenvalue weighted by Crippen LogP contribution is -2.50. The summed E-state index contributed by atoms with van der Waals surface area (Å²) in [5.74, 6) is -0.264. The van der Waals surface area contributed by atoms with Crippen molar-refractivity contribution in [1.29, 1.82) is 0 Å². The average Bonchev–Trinajstić information content (AvgIpc) is 2.83. The Bertz CT molecular complexity index is 1140. The topological polar surface area (TPSA) is 90.0 Å². The number of nitrogens with one attached hydrogen (secondary N) is 1. The van der Waals surface area contributed by atoms with Crippen LogP contribution in [0.3, 0.4) is 0 Å². The van der Waals surface area contributed by atoms with E-state index in [1.165, 1.54) is 10.6 Å². The minimum Gasteiger partial charge on any atom is -0.394 e. The maximum absolute atomic E-state index is 13.7. The van der Waals surface area contributed by atoms with Gasteiger partial charge in [0.05, 0.1) is 34.4 Å². The van der Waals surface area contributed by atoms with Gasteiger partial charge in [0.25, 0.3) is 0 Å². The molecule has 0 saturated carbocycles. The molecule has 2 aromatic rings. The molecule has 1 aliphatic rings. The Morgan fingerprint density at radius 2 is 1.69 bits per heavy atom.